The smallest absolute Gasteiger partial charge is 0.161 e. The number of rotatable bonds is 6. The normalized spacial score (nSPS) is 12.4. The van der Waals surface area contributed by atoms with Crippen molar-refractivity contribution in [2.45, 2.75) is 25.9 Å². The third-order valence-electron chi connectivity index (χ3n) is 3.32. The molecule has 0 saturated carbocycles. The first-order valence-electron chi connectivity index (χ1n) is 6.60. The first kappa shape index (κ1) is 15.4. The van der Waals surface area contributed by atoms with Crippen LogP contribution in [0.15, 0.2) is 24.4 Å². The molecule has 3 N–H and O–H groups in total. The molecule has 1 unspecified atom stereocenters. The van der Waals surface area contributed by atoms with Crippen molar-refractivity contribution in [3.05, 3.63) is 47.3 Å². The standard InChI is InChI=1S/C14H18F2N4O/c1-3-20-14(13(21-2)8-18-20)12(19-17)7-9-4-5-10(15)11(16)6-9/h4-6,8,12,19H,3,7,17H2,1-2H3. The molecule has 0 aliphatic heterocycles. The van der Waals surface area contributed by atoms with Crippen molar-refractivity contribution < 1.29 is 13.5 Å². The van der Waals surface area contributed by atoms with Crippen molar-refractivity contribution in [3.63, 3.8) is 0 Å². The summed E-state index contributed by atoms with van der Waals surface area (Å²) in [7, 11) is 1.55. The monoisotopic (exact) mass is 296 g/mol. The van der Waals surface area contributed by atoms with Gasteiger partial charge in [0.05, 0.1) is 25.0 Å². The molecular formula is C14H18F2N4O. The molecule has 7 heteroatoms. The average Bonchev–Trinajstić information content (AvgIpc) is 2.91. The molecule has 0 amide bonds. The zero-order valence-electron chi connectivity index (χ0n) is 11.9. The first-order valence-corrected chi connectivity index (χ1v) is 6.60. The number of halogens is 2. The summed E-state index contributed by atoms with van der Waals surface area (Å²) < 4.78 is 33.3. The largest absolute Gasteiger partial charge is 0.493 e. The molecule has 114 valence electrons. The Bertz CT molecular complexity index is 594. The van der Waals surface area contributed by atoms with Crippen LogP contribution in [0.4, 0.5) is 8.78 Å². The SMILES string of the molecule is CCn1ncc(OC)c1C(Cc1ccc(F)c(F)c1)NN. The van der Waals surface area contributed by atoms with Crippen molar-refractivity contribution in [3.8, 4) is 5.75 Å². The van der Waals surface area contributed by atoms with Crippen molar-refractivity contribution in [1.82, 2.24) is 15.2 Å². The minimum atomic E-state index is -0.876. The fourth-order valence-corrected chi connectivity index (χ4v) is 2.28. The zero-order chi connectivity index (χ0) is 15.4. The minimum Gasteiger partial charge on any atom is -0.493 e. The highest BCUT2D eigenvalue weighted by atomic mass is 19.2. The number of nitrogens with one attached hydrogen (secondary N) is 1. The maximum Gasteiger partial charge on any atom is 0.161 e. The highest BCUT2D eigenvalue weighted by Crippen LogP contribution is 2.27. The number of aromatic nitrogens is 2. The van der Waals surface area contributed by atoms with Gasteiger partial charge in [-0.3, -0.25) is 16.0 Å². The molecule has 1 aromatic heterocycles. The molecule has 1 aromatic carbocycles. The molecule has 0 aliphatic rings. The van der Waals surface area contributed by atoms with Crippen molar-refractivity contribution in [1.29, 1.82) is 0 Å². The summed E-state index contributed by atoms with van der Waals surface area (Å²) in [5, 5.41) is 4.21. The van der Waals surface area contributed by atoms with E-state index in [1.54, 1.807) is 18.0 Å². The Kier molecular flexibility index (Phi) is 4.87. The van der Waals surface area contributed by atoms with E-state index in [4.69, 9.17) is 10.6 Å². The lowest BCUT2D eigenvalue weighted by atomic mass is 10.0. The fourth-order valence-electron chi connectivity index (χ4n) is 2.28. The predicted molar refractivity (Wildman–Crippen MR) is 74.6 cm³/mol. The summed E-state index contributed by atoms with van der Waals surface area (Å²) in [6.45, 7) is 2.59. The van der Waals surface area contributed by atoms with Crippen LogP contribution in [-0.4, -0.2) is 16.9 Å². The summed E-state index contributed by atoms with van der Waals surface area (Å²) in [5.41, 5.74) is 4.08. The number of hydrogen-bond donors (Lipinski definition) is 2. The Morgan fingerprint density at radius 1 is 1.38 bits per heavy atom. The number of nitrogens with zero attached hydrogens (tertiary/aromatic N) is 2. The van der Waals surface area contributed by atoms with Crippen LogP contribution >= 0.6 is 0 Å². The van der Waals surface area contributed by atoms with E-state index in [1.807, 2.05) is 6.92 Å². The lowest BCUT2D eigenvalue weighted by Gasteiger charge is -2.18. The molecule has 2 aromatic rings. The van der Waals surface area contributed by atoms with E-state index in [-0.39, 0.29) is 6.04 Å². The number of hydrogen-bond acceptors (Lipinski definition) is 4. The van der Waals surface area contributed by atoms with Gasteiger partial charge in [0.2, 0.25) is 0 Å². The van der Waals surface area contributed by atoms with Gasteiger partial charge in [-0.25, -0.2) is 8.78 Å². The van der Waals surface area contributed by atoms with Crippen LogP contribution in [0.5, 0.6) is 5.75 Å². The van der Waals surface area contributed by atoms with Gasteiger partial charge in [-0.2, -0.15) is 5.10 Å². The van der Waals surface area contributed by atoms with Gasteiger partial charge in [0.25, 0.3) is 0 Å². The fraction of sp³-hybridized carbons (Fsp3) is 0.357. The first-order chi connectivity index (χ1) is 10.1. The quantitative estimate of drug-likeness (QED) is 0.631. The Hall–Kier alpha value is -1.99. The van der Waals surface area contributed by atoms with Crippen LogP contribution in [-0.2, 0) is 13.0 Å². The van der Waals surface area contributed by atoms with Gasteiger partial charge < -0.3 is 4.74 Å². The highest BCUT2D eigenvalue weighted by molar-refractivity contribution is 5.30. The van der Waals surface area contributed by atoms with Gasteiger partial charge >= 0.3 is 0 Å². The van der Waals surface area contributed by atoms with Crippen LogP contribution in [0.1, 0.15) is 24.2 Å². The predicted octanol–water partition coefficient (Wildman–Crippen LogP) is 1.94. The molecule has 0 radical (unpaired) electrons. The van der Waals surface area contributed by atoms with Crippen molar-refractivity contribution >= 4 is 0 Å². The number of aryl methyl sites for hydroxylation is 1. The molecule has 21 heavy (non-hydrogen) atoms. The Balaban J connectivity index is 2.31. The molecular weight excluding hydrogens is 278 g/mol. The lowest BCUT2D eigenvalue weighted by Crippen LogP contribution is -2.31. The summed E-state index contributed by atoms with van der Waals surface area (Å²) in [5.74, 6) is 4.47. The molecule has 0 aliphatic carbocycles. The van der Waals surface area contributed by atoms with Crippen LogP contribution in [0.3, 0.4) is 0 Å². The van der Waals surface area contributed by atoms with Crippen LogP contribution < -0.4 is 16.0 Å². The lowest BCUT2D eigenvalue weighted by molar-refractivity contribution is 0.391. The molecule has 0 fully saturated rings. The van der Waals surface area contributed by atoms with Gasteiger partial charge in [-0.15, -0.1) is 0 Å². The van der Waals surface area contributed by atoms with Crippen molar-refractivity contribution in [2.24, 2.45) is 5.84 Å². The topological polar surface area (TPSA) is 65.1 Å². The average molecular weight is 296 g/mol. The van der Waals surface area contributed by atoms with Crippen LogP contribution in [0.2, 0.25) is 0 Å². The van der Waals surface area contributed by atoms with E-state index >= 15 is 0 Å². The van der Waals surface area contributed by atoms with E-state index in [0.29, 0.717) is 24.3 Å². The van der Waals surface area contributed by atoms with Gasteiger partial charge in [-0.05, 0) is 31.0 Å². The molecule has 2 rings (SSSR count). The maximum atomic E-state index is 13.3. The summed E-state index contributed by atoms with van der Waals surface area (Å²) in [6.07, 6.45) is 1.99. The van der Waals surface area contributed by atoms with E-state index in [0.717, 1.165) is 11.8 Å². The number of nitrogens with two attached hydrogens (primary N) is 1. The second kappa shape index (κ2) is 6.64. The summed E-state index contributed by atoms with van der Waals surface area (Å²) in [4.78, 5) is 0. The van der Waals surface area contributed by atoms with Gasteiger partial charge in [0, 0.05) is 6.54 Å². The highest BCUT2D eigenvalue weighted by Gasteiger charge is 2.21. The molecule has 1 heterocycles. The van der Waals surface area contributed by atoms with Crippen LogP contribution in [0.25, 0.3) is 0 Å². The van der Waals surface area contributed by atoms with Gasteiger partial charge in [0.1, 0.15) is 0 Å². The number of benzene rings is 1. The number of hydrazine groups is 1. The van der Waals surface area contributed by atoms with E-state index < -0.39 is 11.6 Å². The van der Waals surface area contributed by atoms with Gasteiger partial charge in [0.15, 0.2) is 17.4 Å². The second-order valence-electron chi connectivity index (χ2n) is 4.59. The van der Waals surface area contributed by atoms with Gasteiger partial charge in [-0.1, -0.05) is 6.07 Å². The van der Waals surface area contributed by atoms with E-state index in [9.17, 15) is 8.78 Å². The third-order valence-corrected chi connectivity index (χ3v) is 3.32. The number of ether oxygens (including phenoxy) is 1. The summed E-state index contributed by atoms with van der Waals surface area (Å²) in [6, 6.07) is 3.47. The molecule has 0 saturated heterocycles. The third kappa shape index (κ3) is 3.20. The zero-order valence-corrected chi connectivity index (χ0v) is 11.9. The minimum absolute atomic E-state index is 0.327. The molecule has 0 bridgehead atoms. The van der Waals surface area contributed by atoms with E-state index in [2.05, 4.69) is 10.5 Å². The van der Waals surface area contributed by atoms with Crippen LogP contribution in [0, 0.1) is 11.6 Å². The number of methoxy groups -OCH3 is 1. The molecule has 0 spiro atoms. The Morgan fingerprint density at radius 3 is 2.71 bits per heavy atom. The van der Waals surface area contributed by atoms with Crippen molar-refractivity contribution in [2.75, 3.05) is 7.11 Å². The Morgan fingerprint density at radius 2 is 2.14 bits per heavy atom. The summed E-state index contributed by atoms with van der Waals surface area (Å²) >= 11 is 0. The molecule has 1 atom stereocenters. The Labute approximate surface area is 121 Å². The second-order valence-corrected chi connectivity index (χ2v) is 4.59. The molecule has 5 nitrogen and oxygen atoms in total. The van der Waals surface area contributed by atoms with E-state index in [1.165, 1.54) is 12.1 Å². The maximum absolute atomic E-state index is 13.3.